The van der Waals surface area contributed by atoms with Crippen molar-refractivity contribution in [3.63, 3.8) is 0 Å². The predicted molar refractivity (Wildman–Crippen MR) is 258 cm³/mol. The van der Waals surface area contributed by atoms with Gasteiger partial charge in [-0.2, -0.15) is 0 Å². The van der Waals surface area contributed by atoms with E-state index >= 15 is 0 Å². The average Bonchev–Trinajstić information content (AvgIpc) is 3.27. The van der Waals surface area contributed by atoms with Gasteiger partial charge < -0.3 is 40.3 Å². The van der Waals surface area contributed by atoms with Gasteiger partial charge in [-0.1, -0.05) is 211 Å². The Morgan fingerprint density at radius 2 is 0.919 bits per heavy atom. The maximum Gasteiger partial charge on any atom is 0.220 e. The molecule has 9 heteroatoms. The first-order valence-corrected chi connectivity index (χ1v) is 26.2. The number of allylic oxidation sites excluding steroid dienone is 5. The summed E-state index contributed by atoms with van der Waals surface area (Å²) in [5, 5.41) is 54.3. The first-order valence-electron chi connectivity index (χ1n) is 26.2. The minimum Gasteiger partial charge on any atom is -0.394 e. The van der Waals surface area contributed by atoms with Crippen molar-refractivity contribution in [3.05, 3.63) is 36.5 Å². The van der Waals surface area contributed by atoms with Crippen LogP contribution in [0.2, 0.25) is 0 Å². The molecule has 0 saturated carbocycles. The van der Waals surface area contributed by atoms with Crippen molar-refractivity contribution >= 4 is 5.91 Å². The summed E-state index contributed by atoms with van der Waals surface area (Å²) in [4.78, 5) is 13.0. The molecule has 1 fully saturated rings. The van der Waals surface area contributed by atoms with E-state index in [1.54, 1.807) is 6.08 Å². The summed E-state index contributed by atoms with van der Waals surface area (Å²) in [6.45, 7) is 3.77. The van der Waals surface area contributed by atoms with Crippen LogP contribution >= 0.6 is 0 Å². The molecule has 0 bridgehead atoms. The highest BCUT2D eigenvalue weighted by Gasteiger charge is 2.44. The number of carbonyl (C=O) groups excluding carboxylic acids is 1. The molecule has 364 valence electrons. The third-order valence-corrected chi connectivity index (χ3v) is 12.4. The van der Waals surface area contributed by atoms with Crippen LogP contribution in [0.15, 0.2) is 36.5 Å². The van der Waals surface area contributed by atoms with E-state index in [9.17, 15) is 30.3 Å². The van der Waals surface area contributed by atoms with Crippen LogP contribution in [0.3, 0.4) is 0 Å². The number of aliphatic hydroxyl groups is 5. The van der Waals surface area contributed by atoms with E-state index in [0.717, 1.165) is 38.5 Å². The highest BCUT2D eigenvalue weighted by atomic mass is 16.7. The molecule has 1 rings (SSSR count). The molecule has 1 aliphatic rings. The number of rotatable bonds is 44. The van der Waals surface area contributed by atoms with Crippen LogP contribution in [-0.4, -0.2) is 87.5 Å². The number of hydrogen-bond acceptors (Lipinski definition) is 8. The lowest BCUT2D eigenvalue weighted by molar-refractivity contribution is -0.302. The van der Waals surface area contributed by atoms with Gasteiger partial charge in [0.05, 0.1) is 25.4 Å². The van der Waals surface area contributed by atoms with Crippen molar-refractivity contribution in [1.82, 2.24) is 5.32 Å². The van der Waals surface area contributed by atoms with Crippen molar-refractivity contribution in [1.29, 1.82) is 0 Å². The number of aliphatic hydroxyl groups excluding tert-OH is 5. The fraction of sp³-hybridized carbons (Fsp3) is 0.868. The zero-order chi connectivity index (χ0) is 45.1. The van der Waals surface area contributed by atoms with Crippen LogP contribution in [0.5, 0.6) is 0 Å². The molecule has 9 nitrogen and oxygen atoms in total. The zero-order valence-corrected chi connectivity index (χ0v) is 40.1. The van der Waals surface area contributed by atoms with Crippen LogP contribution in [0.4, 0.5) is 0 Å². The van der Waals surface area contributed by atoms with Gasteiger partial charge in [-0.15, -0.1) is 0 Å². The fourth-order valence-electron chi connectivity index (χ4n) is 8.23. The normalized spacial score (nSPS) is 20.5. The Kier molecular flexibility index (Phi) is 40.8. The van der Waals surface area contributed by atoms with E-state index in [2.05, 4.69) is 43.5 Å². The molecule has 0 aromatic carbocycles. The van der Waals surface area contributed by atoms with Gasteiger partial charge in [-0.3, -0.25) is 4.79 Å². The summed E-state index contributed by atoms with van der Waals surface area (Å²) in [6.07, 6.45) is 47.7. The summed E-state index contributed by atoms with van der Waals surface area (Å²) >= 11 is 0. The highest BCUT2D eigenvalue weighted by Crippen LogP contribution is 2.23. The van der Waals surface area contributed by atoms with E-state index < -0.39 is 49.5 Å². The molecular weight excluding hydrogens is 779 g/mol. The lowest BCUT2D eigenvalue weighted by Crippen LogP contribution is -2.60. The Balaban J connectivity index is 2.31. The van der Waals surface area contributed by atoms with Gasteiger partial charge in [-0.05, 0) is 57.8 Å². The molecule has 1 saturated heterocycles. The second-order valence-corrected chi connectivity index (χ2v) is 18.3. The van der Waals surface area contributed by atoms with E-state index in [4.69, 9.17) is 9.47 Å². The monoisotopic (exact) mass is 878 g/mol. The van der Waals surface area contributed by atoms with E-state index in [1.807, 2.05) is 6.08 Å². The molecule has 0 aliphatic carbocycles. The Labute approximate surface area is 381 Å². The van der Waals surface area contributed by atoms with Gasteiger partial charge in [0.15, 0.2) is 6.29 Å². The van der Waals surface area contributed by atoms with Gasteiger partial charge in [0.1, 0.15) is 24.4 Å². The van der Waals surface area contributed by atoms with Crippen molar-refractivity contribution in [2.24, 2.45) is 0 Å². The molecule has 1 amide bonds. The molecule has 1 aliphatic heterocycles. The lowest BCUT2D eigenvalue weighted by Gasteiger charge is -2.40. The third kappa shape index (κ3) is 33.0. The quantitative estimate of drug-likeness (QED) is 0.0262. The van der Waals surface area contributed by atoms with Gasteiger partial charge in [0.2, 0.25) is 5.91 Å². The summed E-state index contributed by atoms with van der Waals surface area (Å²) < 4.78 is 11.2. The minimum absolute atomic E-state index is 0.188. The number of nitrogens with one attached hydrogen (secondary N) is 1. The molecule has 6 N–H and O–H groups in total. The number of ether oxygens (including phenoxy) is 2. The van der Waals surface area contributed by atoms with Crippen LogP contribution in [0.1, 0.15) is 239 Å². The molecule has 0 radical (unpaired) electrons. The van der Waals surface area contributed by atoms with Crippen LogP contribution in [-0.2, 0) is 14.3 Å². The predicted octanol–water partition coefficient (Wildman–Crippen LogP) is 12.0. The average molecular weight is 878 g/mol. The molecule has 1 heterocycles. The van der Waals surface area contributed by atoms with E-state index in [1.165, 1.54) is 180 Å². The Bertz CT molecular complexity index is 1070. The zero-order valence-electron chi connectivity index (χ0n) is 40.1. The van der Waals surface area contributed by atoms with Crippen LogP contribution in [0.25, 0.3) is 0 Å². The first kappa shape index (κ1) is 58.4. The topological polar surface area (TPSA) is 149 Å². The fourth-order valence-corrected chi connectivity index (χ4v) is 8.23. The molecular formula is C53H99NO8. The summed E-state index contributed by atoms with van der Waals surface area (Å²) in [5.41, 5.74) is 0. The highest BCUT2D eigenvalue weighted by molar-refractivity contribution is 5.76. The molecule has 0 spiro atoms. The molecule has 7 atom stereocenters. The maximum atomic E-state index is 13.0. The number of carbonyl (C=O) groups is 1. The van der Waals surface area contributed by atoms with Crippen molar-refractivity contribution in [2.75, 3.05) is 13.2 Å². The summed E-state index contributed by atoms with van der Waals surface area (Å²) in [5.74, 6) is -0.188. The third-order valence-electron chi connectivity index (χ3n) is 12.4. The summed E-state index contributed by atoms with van der Waals surface area (Å²) in [7, 11) is 0. The number of unbranched alkanes of at least 4 members (excludes halogenated alkanes) is 30. The van der Waals surface area contributed by atoms with Gasteiger partial charge in [0.25, 0.3) is 0 Å². The van der Waals surface area contributed by atoms with Gasteiger partial charge in [0, 0.05) is 6.42 Å². The number of amides is 1. The smallest absolute Gasteiger partial charge is 0.220 e. The molecule has 62 heavy (non-hydrogen) atoms. The Morgan fingerprint density at radius 3 is 1.35 bits per heavy atom. The Morgan fingerprint density at radius 1 is 0.532 bits per heavy atom. The second-order valence-electron chi connectivity index (χ2n) is 18.3. The van der Waals surface area contributed by atoms with Crippen LogP contribution in [0, 0.1) is 0 Å². The maximum absolute atomic E-state index is 13.0. The minimum atomic E-state index is -1.57. The van der Waals surface area contributed by atoms with Crippen molar-refractivity contribution in [2.45, 2.75) is 281 Å². The summed E-state index contributed by atoms with van der Waals surface area (Å²) in [6, 6.07) is -0.821. The van der Waals surface area contributed by atoms with Crippen molar-refractivity contribution < 1.29 is 39.8 Å². The molecule has 0 aromatic rings. The number of hydrogen-bond donors (Lipinski definition) is 6. The largest absolute Gasteiger partial charge is 0.394 e. The lowest BCUT2D eigenvalue weighted by atomic mass is 9.99. The van der Waals surface area contributed by atoms with E-state index in [-0.39, 0.29) is 12.5 Å². The molecule has 0 aromatic heterocycles. The first-order chi connectivity index (χ1) is 30.3. The van der Waals surface area contributed by atoms with Gasteiger partial charge in [-0.25, -0.2) is 0 Å². The van der Waals surface area contributed by atoms with E-state index in [0.29, 0.717) is 6.42 Å². The van der Waals surface area contributed by atoms with Crippen molar-refractivity contribution in [3.8, 4) is 0 Å². The SMILES string of the molecule is CCCCCCCC/C=C\CCCCCCCCCCCC(=O)NC(COC1OC(CO)C(O)C(O)C1O)C(O)/C=C/CC/C=C/CCCCCCCCCCCCCCCC. The Hall–Kier alpha value is -1.59. The molecule has 7 unspecified atom stereocenters. The van der Waals surface area contributed by atoms with Crippen LogP contribution < -0.4 is 5.32 Å². The standard InChI is InChI=1S/C53H99NO8/c1-3-5-7-9-11-13-15-17-19-21-23-25-26-28-30-32-34-36-38-40-42-47(56)46(45-61-53-52(60)51(59)50(58)48(44-55)62-53)54-49(57)43-41-39-37-35-33-31-29-27-24-22-20-18-16-14-12-10-8-6-4-2/h18,20,32,34,40,42,46-48,50-53,55-56,58-60H,3-17,19,21-31,33,35-39,41,43-45H2,1-2H3,(H,54,57)/b20-18-,34-32+,42-40+. The van der Waals surface area contributed by atoms with Gasteiger partial charge >= 0.3 is 0 Å². The second kappa shape index (κ2) is 43.3.